The molecule has 4 nitrogen and oxygen atoms in total. The molecule has 2 aromatic rings. The van der Waals surface area contributed by atoms with Gasteiger partial charge in [0.25, 0.3) is 0 Å². The Morgan fingerprint density at radius 3 is 2.68 bits per heavy atom. The largest absolute Gasteiger partial charge is 0.496 e. The molecule has 114 valence electrons. The van der Waals surface area contributed by atoms with Crippen LogP contribution in [0, 0.1) is 0 Å². The number of methoxy groups -OCH3 is 1. The summed E-state index contributed by atoms with van der Waals surface area (Å²) in [6, 6.07) is 12.6. The minimum atomic E-state index is -0.189. The molecule has 0 saturated carbocycles. The summed E-state index contributed by atoms with van der Waals surface area (Å²) in [6.45, 7) is 0. The average molecular weight is 382 g/mol. The highest BCUT2D eigenvalue weighted by Gasteiger charge is 2.02. The first kappa shape index (κ1) is 16.5. The van der Waals surface area contributed by atoms with Crippen LogP contribution >= 0.6 is 27.5 Å². The number of hydrazone groups is 1. The molecule has 0 fully saturated rings. The number of halogens is 2. The van der Waals surface area contributed by atoms with Crippen molar-refractivity contribution in [2.75, 3.05) is 7.11 Å². The van der Waals surface area contributed by atoms with Crippen molar-refractivity contribution >= 4 is 39.7 Å². The molecule has 0 heterocycles. The van der Waals surface area contributed by atoms with Crippen LogP contribution in [-0.4, -0.2) is 19.2 Å². The van der Waals surface area contributed by atoms with E-state index in [0.717, 1.165) is 21.3 Å². The molecule has 0 bridgehead atoms. The van der Waals surface area contributed by atoms with E-state index in [-0.39, 0.29) is 12.3 Å². The van der Waals surface area contributed by atoms with Crippen molar-refractivity contribution in [3.05, 3.63) is 63.1 Å². The fourth-order valence-corrected chi connectivity index (χ4v) is 2.45. The number of carbonyl (C=O) groups excluding carboxylic acids is 1. The first-order valence-corrected chi connectivity index (χ1v) is 7.65. The van der Waals surface area contributed by atoms with Gasteiger partial charge in [0.1, 0.15) is 5.75 Å². The van der Waals surface area contributed by atoms with Gasteiger partial charge in [0.2, 0.25) is 5.91 Å². The van der Waals surface area contributed by atoms with Crippen LogP contribution in [0.3, 0.4) is 0 Å². The minimum absolute atomic E-state index is 0.189. The second-order valence-corrected chi connectivity index (χ2v) is 5.78. The first-order valence-electron chi connectivity index (χ1n) is 6.48. The van der Waals surface area contributed by atoms with Crippen molar-refractivity contribution in [1.29, 1.82) is 0 Å². The van der Waals surface area contributed by atoms with Gasteiger partial charge < -0.3 is 4.74 Å². The molecule has 2 aromatic carbocycles. The van der Waals surface area contributed by atoms with Crippen LogP contribution in [0.15, 0.2) is 52.0 Å². The predicted octanol–water partition coefficient (Wildman–Crippen LogP) is 3.80. The van der Waals surface area contributed by atoms with Crippen LogP contribution in [0.5, 0.6) is 5.75 Å². The molecule has 0 aliphatic heterocycles. The van der Waals surface area contributed by atoms with Crippen molar-refractivity contribution in [2.24, 2.45) is 5.10 Å². The summed E-state index contributed by atoms with van der Waals surface area (Å²) in [5, 5.41) is 4.59. The van der Waals surface area contributed by atoms with Gasteiger partial charge in [-0.05, 0) is 57.4 Å². The fraction of sp³-hybridized carbons (Fsp3) is 0.125. The fourth-order valence-electron chi connectivity index (χ4n) is 1.77. The van der Waals surface area contributed by atoms with E-state index in [0.29, 0.717) is 5.02 Å². The topological polar surface area (TPSA) is 50.7 Å². The van der Waals surface area contributed by atoms with Gasteiger partial charge in [-0.15, -0.1) is 0 Å². The van der Waals surface area contributed by atoms with Gasteiger partial charge in [0.15, 0.2) is 0 Å². The Bertz CT molecular complexity index is 687. The number of carbonyl (C=O) groups is 1. The second-order valence-electron chi connectivity index (χ2n) is 4.49. The van der Waals surface area contributed by atoms with Gasteiger partial charge in [0.05, 0.1) is 24.2 Å². The highest BCUT2D eigenvalue weighted by atomic mass is 79.9. The van der Waals surface area contributed by atoms with Crippen molar-refractivity contribution in [3.8, 4) is 5.75 Å². The van der Waals surface area contributed by atoms with E-state index in [1.165, 1.54) is 0 Å². The molecule has 0 unspecified atom stereocenters. The number of hydrogen-bond acceptors (Lipinski definition) is 3. The number of ether oxygens (including phenoxy) is 1. The van der Waals surface area contributed by atoms with Crippen LogP contribution in [-0.2, 0) is 11.2 Å². The third-order valence-corrected chi connectivity index (χ3v) is 3.73. The van der Waals surface area contributed by atoms with E-state index in [2.05, 4.69) is 26.5 Å². The maximum Gasteiger partial charge on any atom is 0.244 e. The summed E-state index contributed by atoms with van der Waals surface area (Å²) in [4.78, 5) is 11.8. The van der Waals surface area contributed by atoms with Crippen LogP contribution in [0.25, 0.3) is 0 Å². The zero-order chi connectivity index (χ0) is 15.9. The van der Waals surface area contributed by atoms with Crippen molar-refractivity contribution < 1.29 is 9.53 Å². The monoisotopic (exact) mass is 380 g/mol. The van der Waals surface area contributed by atoms with Crippen LogP contribution in [0.4, 0.5) is 0 Å². The smallest absolute Gasteiger partial charge is 0.244 e. The van der Waals surface area contributed by atoms with Crippen LogP contribution < -0.4 is 10.2 Å². The summed E-state index contributed by atoms with van der Waals surface area (Å²) >= 11 is 9.19. The van der Waals surface area contributed by atoms with E-state index >= 15 is 0 Å². The molecule has 0 aliphatic rings. The van der Waals surface area contributed by atoms with E-state index in [1.54, 1.807) is 25.5 Å². The van der Waals surface area contributed by atoms with Crippen LogP contribution in [0.2, 0.25) is 5.02 Å². The molecule has 1 amide bonds. The Morgan fingerprint density at radius 2 is 2.05 bits per heavy atom. The summed E-state index contributed by atoms with van der Waals surface area (Å²) < 4.78 is 5.97. The second kappa shape index (κ2) is 7.96. The Kier molecular flexibility index (Phi) is 5.98. The normalized spacial score (nSPS) is 10.7. The first-order chi connectivity index (χ1) is 10.6. The van der Waals surface area contributed by atoms with Crippen LogP contribution in [0.1, 0.15) is 11.1 Å². The lowest BCUT2D eigenvalue weighted by atomic mass is 10.1. The van der Waals surface area contributed by atoms with Gasteiger partial charge in [-0.2, -0.15) is 5.10 Å². The standard InChI is InChI=1S/C16H14BrClN2O2/c1-22-15-7-4-12(8-14(15)17)10-19-20-16(21)9-11-2-5-13(18)6-3-11/h2-8,10H,9H2,1H3,(H,20,21)/b19-10-. The zero-order valence-corrected chi connectivity index (χ0v) is 14.2. The van der Waals surface area contributed by atoms with E-state index in [1.807, 2.05) is 30.3 Å². The molecule has 0 radical (unpaired) electrons. The van der Waals surface area contributed by atoms with Crippen molar-refractivity contribution in [3.63, 3.8) is 0 Å². The SMILES string of the molecule is COc1ccc(/C=N\NC(=O)Cc2ccc(Cl)cc2)cc1Br. The van der Waals surface area contributed by atoms with Crippen molar-refractivity contribution in [1.82, 2.24) is 5.43 Å². The molecule has 1 N–H and O–H groups in total. The average Bonchev–Trinajstić information content (AvgIpc) is 2.50. The molecule has 6 heteroatoms. The highest BCUT2D eigenvalue weighted by Crippen LogP contribution is 2.24. The Hall–Kier alpha value is -1.85. The summed E-state index contributed by atoms with van der Waals surface area (Å²) in [5.74, 6) is 0.551. The van der Waals surface area contributed by atoms with Gasteiger partial charge in [-0.3, -0.25) is 4.79 Å². The maximum atomic E-state index is 11.8. The predicted molar refractivity (Wildman–Crippen MR) is 91.6 cm³/mol. The summed E-state index contributed by atoms with van der Waals surface area (Å²) in [7, 11) is 1.60. The molecule has 2 rings (SSSR count). The van der Waals surface area contributed by atoms with E-state index in [9.17, 15) is 4.79 Å². The Labute approximate surface area is 142 Å². The van der Waals surface area contributed by atoms with Crippen molar-refractivity contribution in [2.45, 2.75) is 6.42 Å². The highest BCUT2D eigenvalue weighted by molar-refractivity contribution is 9.10. The van der Waals surface area contributed by atoms with Gasteiger partial charge >= 0.3 is 0 Å². The molecule has 22 heavy (non-hydrogen) atoms. The number of amides is 1. The Morgan fingerprint density at radius 1 is 1.32 bits per heavy atom. The number of nitrogens with zero attached hydrogens (tertiary/aromatic N) is 1. The zero-order valence-electron chi connectivity index (χ0n) is 11.8. The van der Waals surface area contributed by atoms with E-state index < -0.39 is 0 Å². The molecule has 0 saturated heterocycles. The number of benzene rings is 2. The molecule has 0 aromatic heterocycles. The third-order valence-electron chi connectivity index (χ3n) is 2.86. The molecule has 0 spiro atoms. The summed E-state index contributed by atoms with van der Waals surface area (Å²) in [6.07, 6.45) is 1.82. The quantitative estimate of drug-likeness (QED) is 0.632. The van der Waals surface area contributed by atoms with E-state index in [4.69, 9.17) is 16.3 Å². The number of nitrogens with one attached hydrogen (secondary N) is 1. The molecular weight excluding hydrogens is 368 g/mol. The minimum Gasteiger partial charge on any atom is -0.496 e. The molecular formula is C16H14BrClN2O2. The lowest BCUT2D eigenvalue weighted by Crippen LogP contribution is -2.19. The lowest BCUT2D eigenvalue weighted by Gasteiger charge is -2.03. The van der Waals surface area contributed by atoms with Gasteiger partial charge in [-0.25, -0.2) is 5.43 Å². The third kappa shape index (κ3) is 4.86. The van der Waals surface area contributed by atoms with Gasteiger partial charge in [0, 0.05) is 5.02 Å². The maximum absolute atomic E-state index is 11.8. The molecule has 0 aliphatic carbocycles. The van der Waals surface area contributed by atoms with Gasteiger partial charge in [-0.1, -0.05) is 23.7 Å². The molecule has 0 atom stereocenters. The Balaban J connectivity index is 1.90. The number of hydrogen-bond donors (Lipinski definition) is 1. The lowest BCUT2D eigenvalue weighted by molar-refractivity contribution is -0.120. The number of rotatable bonds is 5. The summed E-state index contributed by atoms with van der Waals surface area (Å²) in [5.41, 5.74) is 4.22.